The Balaban J connectivity index is 2.74. The number of carbonyl (C=O) groups excluding carboxylic acids is 1. The summed E-state index contributed by atoms with van der Waals surface area (Å²) in [6.07, 6.45) is -0.945. The van der Waals surface area contributed by atoms with Crippen LogP contribution < -0.4 is 5.31 Å². The highest BCUT2D eigenvalue weighted by atomic mass is 19.1. The number of benzene rings is 1. The Hall–Kier alpha value is -2.96. The van der Waals surface area contributed by atoms with Crippen molar-refractivity contribution in [3.05, 3.63) is 47.9 Å². The number of aromatic nitrogens is 1. The van der Waals surface area contributed by atoms with Crippen molar-refractivity contribution >= 4 is 11.9 Å². The quantitative estimate of drug-likeness (QED) is 0.775. The monoisotopic (exact) mass is 299 g/mol. The molecular weight excluding hydrogens is 279 g/mol. The predicted octanol–water partition coefficient (Wildman–Crippen LogP) is 1.41. The van der Waals surface area contributed by atoms with Crippen LogP contribution in [0.2, 0.25) is 1.41 Å². The van der Waals surface area contributed by atoms with E-state index in [2.05, 4.69) is 15.2 Å². The van der Waals surface area contributed by atoms with Gasteiger partial charge >= 0.3 is 5.97 Å². The number of carboxylic acids is 1. The van der Waals surface area contributed by atoms with Gasteiger partial charge < -0.3 is 15.5 Å². The van der Waals surface area contributed by atoms with Gasteiger partial charge in [-0.2, -0.15) is 0 Å². The number of aliphatic carboxylic acids is 1. The SMILES string of the molecule is [2H]OC(=O)CN([2H])C(=O)c1nc([2H])c(-c2c([2H])c([2H])c([2H])c(F)c2[2H])c([2H])c1O[2H]. The van der Waals surface area contributed by atoms with Crippen molar-refractivity contribution in [2.75, 3.05) is 6.54 Å². The number of nitrogens with zero attached hydrogens (tertiary/aromatic N) is 1. The van der Waals surface area contributed by atoms with Gasteiger partial charge in [0.25, 0.3) is 8.77 Å². The number of aromatic hydroxyl groups is 1. The Kier molecular flexibility index (Phi) is 1.90. The molecule has 0 spiro atoms. The van der Waals surface area contributed by atoms with E-state index in [0.717, 1.165) is 0 Å². The standard InChI is InChI=1S/C14H11FN2O4/c15-10-3-1-2-8(4-10)9-5-11(18)13(16-6-9)14(21)17-7-12(19)20/h1-6,18H,7H2,(H,17,21)(H,19,20)/i1D,2D,3D,4D,5D,6D/hD3. The first-order chi connectivity index (χ1) is 14.0. The van der Waals surface area contributed by atoms with Gasteiger partial charge in [-0.3, -0.25) is 9.59 Å². The van der Waals surface area contributed by atoms with E-state index >= 15 is 0 Å². The van der Waals surface area contributed by atoms with Crippen LogP contribution >= 0.6 is 0 Å². The molecule has 1 aromatic heterocycles. The second kappa shape index (κ2) is 6.00. The summed E-state index contributed by atoms with van der Waals surface area (Å²) in [5.74, 6) is -5.10. The number of nitrogens with one attached hydrogen (secondary N) is 1. The summed E-state index contributed by atoms with van der Waals surface area (Å²) < 4.78 is 81.8. The summed E-state index contributed by atoms with van der Waals surface area (Å²) in [6, 6.07) is -4.82. The molecule has 21 heavy (non-hydrogen) atoms. The third-order valence-corrected chi connectivity index (χ3v) is 2.13. The zero-order valence-electron chi connectivity index (χ0n) is 19.1. The maximum Gasteiger partial charge on any atom is 0.322 e. The fourth-order valence-electron chi connectivity index (χ4n) is 1.28. The van der Waals surface area contributed by atoms with E-state index in [1.165, 1.54) is 0 Å². The Labute approximate surface area is 131 Å². The summed E-state index contributed by atoms with van der Waals surface area (Å²) in [5, 5.41) is 7.74. The normalized spacial score (nSPS) is 15.8. The molecule has 0 fully saturated rings. The fraction of sp³-hybridized carbons (Fsp3) is 0.0714. The van der Waals surface area contributed by atoms with Gasteiger partial charge in [0, 0.05) is 11.7 Å². The zero-order chi connectivity index (χ0) is 22.9. The Bertz CT molecular complexity index is 1020. The highest BCUT2D eigenvalue weighted by Crippen LogP contribution is 2.25. The van der Waals surface area contributed by atoms with Crippen molar-refractivity contribution in [1.29, 1.82) is 2.86 Å². The summed E-state index contributed by atoms with van der Waals surface area (Å²) in [7, 11) is 0. The molecule has 0 aliphatic rings. The molecule has 1 amide bonds. The van der Waals surface area contributed by atoms with Crippen molar-refractivity contribution in [2.45, 2.75) is 0 Å². The Morgan fingerprint density at radius 3 is 3.05 bits per heavy atom. The van der Waals surface area contributed by atoms with Crippen LogP contribution in [0.1, 0.15) is 18.7 Å². The van der Waals surface area contributed by atoms with Gasteiger partial charge in [0.05, 0.1) is 8.22 Å². The molecule has 2 aromatic rings. The zero-order valence-corrected chi connectivity index (χ0v) is 10.1. The third-order valence-electron chi connectivity index (χ3n) is 2.13. The average molecular weight is 299 g/mol. The molecule has 0 atom stereocenters. The molecule has 108 valence electrons. The lowest BCUT2D eigenvalue weighted by Gasteiger charge is -2.07. The minimum Gasteiger partial charge on any atom is -0.505 e. The first-order valence-electron chi connectivity index (χ1n) is 9.61. The molecule has 0 aliphatic carbocycles. The lowest BCUT2D eigenvalue weighted by molar-refractivity contribution is -0.135. The highest BCUT2D eigenvalue weighted by molar-refractivity contribution is 5.96. The van der Waals surface area contributed by atoms with Crippen LogP contribution in [0.3, 0.4) is 0 Å². The molecule has 3 N–H and O–H groups in total. The summed E-state index contributed by atoms with van der Waals surface area (Å²) in [6.45, 7) is -1.02. The second-order valence-corrected chi connectivity index (χ2v) is 3.58. The number of amides is 1. The molecule has 0 unspecified atom stereocenters. The van der Waals surface area contributed by atoms with Crippen LogP contribution in [-0.2, 0) is 4.79 Å². The van der Waals surface area contributed by atoms with Crippen molar-refractivity contribution in [3.63, 3.8) is 0 Å². The van der Waals surface area contributed by atoms with Crippen molar-refractivity contribution in [1.82, 2.24) is 10.3 Å². The second-order valence-electron chi connectivity index (χ2n) is 3.58. The average Bonchev–Trinajstić information content (AvgIpc) is 2.71. The van der Waals surface area contributed by atoms with Crippen LogP contribution in [0.25, 0.3) is 12.6 Å². The van der Waals surface area contributed by atoms with Gasteiger partial charge in [0.1, 0.15) is 18.1 Å². The van der Waals surface area contributed by atoms with Crippen molar-refractivity contribution < 1.29 is 33.8 Å². The largest absolute Gasteiger partial charge is 0.505 e. The topological polar surface area (TPSA) is 99.5 Å². The molecule has 2 rings (SSSR count). The first kappa shape index (κ1) is 6.66. The molecule has 0 saturated heterocycles. The van der Waals surface area contributed by atoms with E-state index in [4.69, 9.17) is 12.5 Å². The smallest absolute Gasteiger partial charge is 0.322 e. The lowest BCUT2D eigenvalue weighted by atomic mass is 10.1. The molecular formula is C14H11FN2O4. The highest BCUT2D eigenvalue weighted by Gasteiger charge is 2.14. The maximum absolute atomic E-state index is 14.1. The predicted molar refractivity (Wildman–Crippen MR) is 71.3 cm³/mol. The van der Waals surface area contributed by atoms with E-state index in [0.29, 0.717) is 0 Å². The minimum absolute atomic E-state index is 0.0252. The molecule has 0 aliphatic heterocycles. The summed E-state index contributed by atoms with van der Waals surface area (Å²) >= 11 is 0. The Morgan fingerprint density at radius 1 is 1.43 bits per heavy atom. The summed E-state index contributed by atoms with van der Waals surface area (Å²) in [4.78, 5) is 26.9. The number of carbonyl (C=O) groups is 2. The van der Waals surface area contributed by atoms with Crippen LogP contribution in [-0.4, -0.2) is 35.1 Å². The Morgan fingerprint density at radius 2 is 2.29 bits per heavy atom. The van der Waals surface area contributed by atoms with Crippen LogP contribution in [0.5, 0.6) is 5.75 Å². The molecule has 7 heteroatoms. The van der Waals surface area contributed by atoms with Crippen LogP contribution in [0.15, 0.2) is 36.4 Å². The van der Waals surface area contributed by atoms with Gasteiger partial charge in [-0.05, 0) is 23.7 Å². The summed E-state index contributed by atoms with van der Waals surface area (Å²) in [5.41, 5.74) is -2.37. The fourth-order valence-corrected chi connectivity index (χ4v) is 1.28. The van der Waals surface area contributed by atoms with Gasteiger partial charge in [-0.15, -0.1) is 0 Å². The number of hydrogen-bond donors (Lipinski definition) is 3. The maximum atomic E-state index is 14.1. The number of hydrogen-bond acceptors (Lipinski definition) is 5. The molecule has 1 aromatic carbocycles. The number of halogens is 1. The first-order valence-corrected chi connectivity index (χ1v) is 5.35. The third kappa shape index (κ3) is 3.53. The van der Waals surface area contributed by atoms with E-state index in [-0.39, 0.29) is 5.31 Å². The molecule has 0 bridgehead atoms. The molecule has 1 heterocycles. The van der Waals surface area contributed by atoms with Gasteiger partial charge in [-0.1, -0.05) is 12.1 Å². The minimum atomic E-state index is -1.48. The number of pyridine rings is 1. The number of rotatable bonds is 5. The lowest BCUT2D eigenvalue weighted by Crippen LogP contribution is -2.29. The van der Waals surface area contributed by atoms with E-state index in [9.17, 15) is 14.0 Å². The van der Waals surface area contributed by atoms with Crippen LogP contribution in [0.4, 0.5) is 4.39 Å². The van der Waals surface area contributed by atoms with Gasteiger partial charge in [-0.25, -0.2) is 9.37 Å². The van der Waals surface area contributed by atoms with Gasteiger partial charge in [0.2, 0.25) is 0 Å². The van der Waals surface area contributed by atoms with E-state index < -0.39 is 83.2 Å². The van der Waals surface area contributed by atoms with E-state index in [1.54, 1.807) is 0 Å². The number of carboxylic acid groups (broad SMARTS) is 1. The van der Waals surface area contributed by atoms with E-state index in [1.807, 2.05) is 0 Å². The molecule has 0 saturated carbocycles. The van der Waals surface area contributed by atoms with Gasteiger partial charge in [0.15, 0.2) is 7.11 Å². The van der Waals surface area contributed by atoms with Crippen molar-refractivity contribution in [2.24, 2.45) is 0 Å². The molecule has 6 nitrogen and oxygen atoms in total. The van der Waals surface area contributed by atoms with Crippen molar-refractivity contribution in [3.8, 4) is 16.9 Å². The van der Waals surface area contributed by atoms with Crippen LogP contribution in [0, 0.1) is 5.82 Å². The molecule has 0 radical (unpaired) electrons.